The van der Waals surface area contributed by atoms with Crippen LogP contribution in [0, 0.1) is 6.92 Å². The van der Waals surface area contributed by atoms with Crippen molar-refractivity contribution in [3.8, 4) is 0 Å². The molecule has 2 aromatic rings. The van der Waals surface area contributed by atoms with Gasteiger partial charge in [-0.3, -0.25) is 14.3 Å². The zero-order chi connectivity index (χ0) is 15.8. The molecule has 4 rings (SSSR count). The van der Waals surface area contributed by atoms with E-state index >= 15 is 0 Å². The van der Waals surface area contributed by atoms with Gasteiger partial charge in [0.25, 0.3) is 0 Å². The summed E-state index contributed by atoms with van der Waals surface area (Å²) in [6, 6.07) is 0.730. The van der Waals surface area contributed by atoms with E-state index in [1.807, 2.05) is 19.3 Å². The van der Waals surface area contributed by atoms with Gasteiger partial charge in [0.05, 0.1) is 18.9 Å². The molecule has 0 bridgehead atoms. The number of rotatable bonds is 2. The number of hydrogen-bond acceptors (Lipinski definition) is 4. The van der Waals surface area contributed by atoms with E-state index in [2.05, 4.69) is 30.2 Å². The van der Waals surface area contributed by atoms with Gasteiger partial charge in [-0.2, -0.15) is 0 Å². The molecule has 2 aromatic heterocycles. The van der Waals surface area contributed by atoms with Crippen molar-refractivity contribution >= 4 is 21.4 Å². The van der Waals surface area contributed by atoms with Crippen molar-refractivity contribution in [2.45, 2.75) is 44.6 Å². The molecule has 124 valence electrons. The summed E-state index contributed by atoms with van der Waals surface area (Å²) in [4.78, 5) is 11.8. The molecule has 6 heteroatoms. The van der Waals surface area contributed by atoms with Crippen LogP contribution in [-0.2, 0) is 4.74 Å². The average Bonchev–Trinajstić information content (AvgIpc) is 2.94. The third-order valence-corrected chi connectivity index (χ3v) is 5.90. The SMILES string of the molecule is Cc1nccn2c(C3CCC(N4CCOCC4)CC3)nc(Br)c12. The second-order valence-corrected chi connectivity index (χ2v) is 7.40. The van der Waals surface area contributed by atoms with E-state index < -0.39 is 0 Å². The quantitative estimate of drug-likeness (QED) is 0.804. The largest absolute Gasteiger partial charge is 0.379 e. The molecule has 2 fully saturated rings. The summed E-state index contributed by atoms with van der Waals surface area (Å²) in [5, 5.41) is 0. The van der Waals surface area contributed by atoms with Crippen LogP contribution in [0.2, 0.25) is 0 Å². The van der Waals surface area contributed by atoms with Gasteiger partial charge in [-0.15, -0.1) is 0 Å². The summed E-state index contributed by atoms with van der Waals surface area (Å²) in [5.74, 6) is 1.74. The molecule has 5 nitrogen and oxygen atoms in total. The van der Waals surface area contributed by atoms with Crippen LogP contribution >= 0.6 is 15.9 Å². The summed E-state index contributed by atoms with van der Waals surface area (Å²) < 4.78 is 8.63. The van der Waals surface area contributed by atoms with Gasteiger partial charge in [0.2, 0.25) is 0 Å². The fourth-order valence-corrected chi connectivity index (χ4v) is 4.76. The Morgan fingerprint density at radius 3 is 2.65 bits per heavy atom. The van der Waals surface area contributed by atoms with Crippen molar-refractivity contribution in [3.05, 3.63) is 28.5 Å². The average molecular weight is 379 g/mol. The summed E-state index contributed by atoms with van der Waals surface area (Å²) in [7, 11) is 0. The molecule has 1 aliphatic heterocycles. The monoisotopic (exact) mass is 378 g/mol. The van der Waals surface area contributed by atoms with Crippen LogP contribution in [0.5, 0.6) is 0 Å². The zero-order valence-corrected chi connectivity index (χ0v) is 15.1. The zero-order valence-electron chi connectivity index (χ0n) is 13.5. The predicted octanol–water partition coefficient (Wildman–Crippen LogP) is 3.16. The van der Waals surface area contributed by atoms with Crippen LogP contribution in [0.3, 0.4) is 0 Å². The molecule has 1 saturated carbocycles. The van der Waals surface area contributed by atoms with Gasteiger partial charge in [-0.1, -0.05) is 0 Å². The smallest absolute Gasteiger partial charge is 0.134 e. The van der Waals surface area contributed by atoms with E-state index in [4.69, 9.17) is 9.72 Å². The third-order valence-electron chi connectivity index (χ3n) is 5.35. The molecule has 0 N–H and O–H groups in total. The second kappa shape index (κ2) is 6.49. The van der Waals surface area contributed by atoms with Crippen molar-refractivity contribution in [1.29, 1.82) is 0 Å². The van der Waals surface area contributed by atoms with Crippen LogP contribution in [0.25, 0.3) is 5.52 Å². The van der Waals surface area contributed by atoms with Gasteiger partial charge < -0.3 is 4.74 Å². The van der Waals surface area contributed by atoms with Crippen LogP contribution in [0.15, 0.2) is 17.0 Å². The van der Waals surface area contributed by atoms with Gasteiger partial charge in [-0.25, -0.2) is 4.98 Å². The van der Waals surface area contributed by atoms with Crippen molar-refractivity contribution < 1.29 is 4.74 Å². The number of halogens is 1. The molecule has 0 amide bonds. The summed E-state index contributed by atoms with van der Waals surface area (Å²) >= 11 is 3.62. The molecule has 23 heavy (non-hydrogen) atoms. The Morgan fingerprint density at radius 1 is 1.17 bits per heavy atom. The first kappa shape index (κ1) is 15.5. The number of morpholine rings is 1. The molecule has 1 aliphatic carbocycles. The highest BCUT2D eigenvalue weighted by molar-refractivity contribution is 9.10. The van der Waals surface area contributed by atoms with Crippen LogP contribution < -0.4 is 0 Å². The van der Waals surface area contributed by atoms with Crippen molar-refractivity contribution in [2.24, 2.45) is 0 Å². The third kappa shape index (κ3) is 2.92. The van der Waals surface area contributed by atoms with E-state index in [1.54, 1.807) is 0 Å². The van der Waals surface area contributed by atoms with Gasteiger partial charge in [0.1, 0.15) is 15.9 Å². The van der Waals surface area contributed by atoms with Crippen molar-refractivity contribution in [3.63, 3.8) is 0 Å². The van der Waals surface area contributed by atoms with Crippen molar-refractivity contribution in [1.82, 2.24) is 19.3 Å². The molecule has 0 aromatic carbocycles. The Hall–Kier alpha value is -0.980. The number of aryl methyl sites for hydroxylation is 1. The van der Waals surface area contributed by atoms with E-state index in [0.717, 1.165) is 48.2 Å². The van der Waals surface area contributed by atoms with Crippen LogP contribution in [-0.4, -0.2) is 51.6 Å². The van der Waals surface area contributed by atoms with Gasteiger partial charge in [-0.05, 0) is 48.5 Å². The minimum Gasteiger partial charge on any atom is -0.379 e. The second-order valence-electron chi connectivity index (χ2n) is 6.65. The number of nitrogens with zero attached hydrogens (tertiary/aromatic N) is 4. The molecule has 0 spiro atoms. The molecule has 1 saturated heterocycles. The fourth-order valence-electron chi connectivity index (χ4n) is 4.10. The molecule has 2 aliphatic rings. The highest BCUT2D eigenvalue weighted by Gasteiger charge is 2.30. The number of fused-ring (bicyclic) bond motifs is 1. The fraction of sp³-hybridized carbons (Fsp3) is 0.647. The first-order chi connectivity index (χ1) is 11.2. The molecule has 0 unspecified atom stereocenters. The summed E-state index contributed by atoms with van der Waals surface area (Å²) in [5.41, 5.74) is 2.14. The number of imidazole rings is 1. The highest BCUT2D eigenvalue weighted by Crippen LogP contribution is 2.36. The predicted molar refractivity (Wildman–Crippen MR) is 92.8 cm³/mol. The minimum absolute atomic E-state index is 0.549. The lowest BCUT2D eigenvalue weighted by Crippen LogP contribution is -2.44. The minimum atomic E-state index is 0.549. The van der Waals surface area contributed by atoms with Gasteiger partial charge in [0, 0.05) is 37.4 Å². The Labute approximate surface area is 145 Å². The van der Waals surface area contributed by atoms with Gasteiger partial charge >= 0.3 is 0 Å². The van der Waals surface area contributed by atoms with Gasteiger partial charge in [0.15, 0.2) is 0 Å². The Morgan fingerprint density at radius 2 is 1.91 bits per heavy atom. The van der Waals surface area contributed by atoms with E-state index in [1.165, 1.54) is 31.5 Å². The molecule has 0 radical (unpaired) electrons. The lowest BCUT2D eigenvalue weighted by Gasteiger charge is -2.38. The maximum absolute atomic E-state index is 5.48. The van der Waals surface area contributed by atoms with Crippen molar-refractivity contribution in [2.75, 3.05) is 26.3 Å². The molecule has 3 heterocycles. The maximum Gasteiger partial charge on any atom is 0.134 e. The topological polar surface area (TPSA) is 42.7 Å². The highest BCUT2D eigenvalue weighted by atomic mass is 79.9. The summed E-state index contributed by atoms with van der Waals surface area (Å²) in [6.45, 7) is 6.02. The normalized spacial score (nSPS) is 26.7. The number of ether oxygens (including phenoxy) is 1. The molecular weight excluding hydrogens is 356 g/mol. The van der Waals surface area contributed by atoms with Crippen LogP contribution in [0.4, 0.5) is 0 Å². The lowest BCUT2D eigenvalue weighted by molar-refractivity contribution is 0.00710. The van der Waals surface area contributed by atoms with Crippen LogP contribution in [0.1, 0.15) is 43.1 Å². The van der Waals surface area contributed by atoms with E-state index in [-0.39, 0.29) is 0 Å². The van der Waals surface area contributed by atoms with E-state index in [0.29, 0.717) is 5.92 Å². The standard InChI is InChI=1S/C17H23BrN4O/c1-12-15-16(18)20-17(22(15)7-6-19-12)13-2-4-14(5-3-13)21-8-10-23-11-9-21/h6-7,13-14H,2-5,8-11H2,1H3. The lowest BCUT2D eigenvalue weighted by atomic mass is 9.84. The molecular formula is C17H23BrN4O. The van der Waals surface area contributed by atoms with E-state index in [9.17, 15) is 0 Å². The Kier molecular flexibility index (Phi) is 4.39. The Bertz CT molecular complexity index is 687. The first-order valence-corrected chi connectivity index (χ1v) is 9.34. The maximum atomic E-state index is 5.48. The molecule has 0 atom stereocenters. The number of aromatic nitrogens is 3. The summed E-state index contributed by atoms with van der Waals surface area (Å²) in [6.07, 6.45) is 8.88. The number of hydrogen-bond donors (Lipinski definition) is 0. The Balaban J connectivity index is 1.51. The first-order valence-electron chi connectivity index (χ1n) is 8.55.